The molecule has 1 aliphatic heterocycles. The van der Waals surface area contributed by atoms with Crippen molar-refractivity contribution >= 4 is 16.9 Å². The standard InChI is InChI=1S/C21H23N3O2/c1-14-12-23(13-15(2)26-14)21(25)17-9-10-20-19(11-17)22-16(3)24(20)18-7-5-4-6-8-18/h4-11,14-15H,12-13H2,1-3H3. The molecule has 1 amide bonds. The van der Waals surface area contributed by atoms with E-state index in [9.17, 15) is 4.79 Å². The average molecular weight is 349 g/mol. The number of carbonyl (C=O) groups is 1. The van der Waals surface area contributed by atoms with Crippen LogP contribution < -0.4 is 0 Å². The number of aromatic nitrogens is 2. The Morgan fingerprint density at radius 3 is 2.46 bits per heavy atom. The molecule has 0 saturated carbocycles. The lowest BCUT2D eigenvalue weighted by atomic mass is 10.1. The number of aryl methyl sites for hydroxylation is 1. The maximum atomic E-state index is 12.9. The largest absolute Gasteiger partial charge is 0.372 e. The molecule has 0 N–H and O–H groups in total. The fraction of sp³-hybridized carbons (Fsp3) is 0.333. The summed E-state index contributed by atoms with van der Waals surface area (Å²) in [5.41, 5.74) is 3.60. The van der Waals surface area contributed by atoms with Gasteiger partial charge in [0.2, 0.25) is 0 Å². The number of carbonyl (C=O) groups excluding carboxylic acids is 1. The van der Waals surface area contributed by atoms with Crippen LogP contribution in [0.2, 0.25) is 0 Å². The molecule has 2 atom stereocenters. The SMILES string of the molecule is Cc1nc2cc(C(=O)N3CC(C)OC(C)C3)ccc2n1-c1ccccc1. The number of amides is 1. The van der Waals surface area contributed by atoms with E-state index in [0.29, 0.717) is 18.7 Å². The number of fused-ring (bicyclic) bond motifs is 1. The van der Waals surface area contributed by atoms with Crippen LogP contribution in [-0.2, 0) is 4.74 Å². The van der Waals surface area contributed by atoms with Crippen LogP contribution >= 0.6 is 0 Å². The number of morpholine rings is 1. The number of imidazole rings is 1. The van der Waals surface area contributed by atoms with Crippen LogP contribution in [0.3, 0.4) is 0 Å². The van der Waals surface area contributed by atoms with E-state index >= 15 is 0 Å². The van der Waals surface area contributed by atoms with Gasteiger partial charge in [-0.15, -0.1) is 0 Å². The van der Waals surface area contributed by atoms with Crippen molar-refractivity contribution in [1.82, 2.24) is 14.5 Å². The zero-order valence-corrected chi connectivity index (χ0v) is 15.3. The Morgan fingerprint density at radius 2 is 1.77 bits per heavy atom. The summed E-state index contributed by atoms with van der Waals surface area (Å²) in [7, 11) is 0. The smallest absolute Gasteiger partial charge is 0.254 e. The third-order valence-corrected chi connectivity index (χ3v) is 4.79. The molecule has 0 spiro atoms. The summed E-state index contributed by atoms with van der Waals surface area (Å²) in [6, 6.07) is 15.9. The highest BCUT2D eigenvalue weighted by Gasteiger charge is 2.27. The highest BCUT2D eigenvalue weighted by molar-refractivity contribution is 5.97. The van der Waals surface area contributed by atoms with E-state index in [1.54, 1.807) is 0 Å². The Kier molecular flexibility index (Phi) is 4.24. The van der Waals surface area contributed by atoms with Gasteiger partial charge in [0.05, 0.1) is 23.2 Å². The maximum absolute atomic E-state index is 12.9. The number of hydrogen-bond acceptors (Lipinski definition) is 3. The monoisotopic (exact) mass is 349 g/mol. The molecule has 26 heavy (non-hydrogen) atoms. The van der Waals surface area contributed by atoms with Gasteiger partial charge in [-0.05, 0) is 51.1 Å². The first-order valence-corrected chi connectivity index (χ1v) is 9.02. The van der Waals surface area contributed by atoms with E-state index in [4.69, 9.17) is 4.74 Å². The second kappa shape index (κ2) is 6.57. The van der Waals surface area contributed by atoms with Gasteiger partial charge in [0.1, 0.15) is 5.82 Å². The van der Waals surface area contributed by atoms with Gasteiger partial charge in [0, 0.05) is 24.3 Å². The van der Waals surface area contributed by atoms with Gasteiger partial charge in [0.25, 0.3) is 5.91 Å². The van der Waals surface area contributed by atoms with Crippen molar-refractivity contribution in [3.63, 3.8) is 0 Å². The lowest BCUT2D eigenvalue weighted by molar-refractivity contribution is -0.0586. The van der Waals surface area contributed by atoms with Crippen LogP contribution in [0.15, 0.2) is 48.5 Å². The minimum Gasteiger partial charge on any atom is -0.372 e. The summed E-state index contributed by atoms with van der Waals surface area (Å²) in [5, 5.41) is 0. The van der Waals surface area contributed by atoms with Crippen molar-refractivity contribution in [3.8, 4) is 5.69 Å². The predicted octanol–water partition coefficient (Wildman–Crippen LogP) is 3.58. The van der Waals surface area contributed by atoms with E-state index in [1.165, 1.54) is 0 Å². The summed E-state index contributed by atoms with van der Waals surface area (Å²) in [6.45, 7) is 7.24. The number of para-hydroxylation sites is 1. The Labute approximate surface area is 153 Å². The first-order valence-electron chi connectivity index (χ1n) is 9.02. The molecule has 2 unspecified atom stereocenters. The van der Waals surface area contributed by atoms with Crippen molar-refractivity contribution < 1.29 is 9.53 Å². The fourth-order valence-electron chi connectivity index (χ4n) is 3.76. The molecule has 5 heteroatoms. The highest BCUT2D eigenvalue weighted by atomic mass is 16.5. The molecule has 134 valence electrons. The zero-order chi connectivity index (χ0) is 18.3. The molecule has 0 bridgehead atoms. The quantitative estimate of drug-likeness (QED) is 0.710. The molecule has 2 heterocycles. The minimum atomic E-state index is 0.0424. The van der Waals surface area contributed by atoms with Crippen LogP contribution in [0.1, 0.15) is 30.0 Å². The van der Waals surface area contributed by atoms with E-state index in [1.807, 2.05) is 62.1 Å². The molecular weight excluding hydrogens is 326 g/mol. The van der Waals surface area contributed by atoms with E-state index in [-0.39, 0.29) is 18.1 Å². The fourth-order valence-corrected chi connectivity index (χ4v) is 3.76. The van der Waals surface area contributed by atoms with Gasteiger partial charge >= 0.3 is 0 Å². The molecule has 5 nitrogen and oxygen atoms in total. The molecule has 4 rings (SSSR count). The van der Waals surface area contributed by atoms with Crippen LogP contribution in [0.5, 0.6) is 0 Å². The van der Waals surface area contributed by atoms with Crippen molar-refractivity contribution in [1.29, 1.82) is 0 Å². The maximum Gasteiger partial charge on any atom is 0.254 e. The third-order valence-electron chi connectivity index (χ3n) is 4.79. The summed E-state index contributed by atoms with van der Waals surface area (Å²) in [6.07, 6.45) is 0.122. The summed E-state index contributed by atoms with van der Waals surface area (Å²) >= 11 is 0. The third kappa shape index (κ3) is 2.99. The molecule has 2 aromatic carbocycles. The molecule has 1 aliphatic rings. The van der Waals surface area contributed by atoms with E-state index < -0.39 is 0 Å². The van der Waals surface area contributed by atoms with Crippen molar-refractivity contribution in [3.05, 3.63) is 59.9 Å². The number of ether oxygens (including phenoxy) is 1. The summed E-state index contributed by atoms with van der Waals surface area (Å²) < 4.78 is 7.84. The Balaban J connectivity index is 1.70. The zero-order valence-electron chi connectivity index (χ0n) is 15.3. The molecule has 0 aliphatic carbocycles. The van der Waals surface area contributed by atoms with Gasteiger partial charge in [-0.2, -0.15) is 0 Å². The normalized spacial score (nSPS) is 20.5. The Hall–Kier alpha value is -2.66. The lowest BCUT2D eigenvalue weighted by Crippen LogP contribution is -2.48. The second-order valence-electron chi connectivity index (χ2n) is 7.00. The molecular formula is C21H23N3O2. The van der Waals surface area contributed by atoms with E-state index in [2.05, 4.69) is 21.7 Å². The molecule has 1 aromatic heterocycles. The number of nitrogens with zero attached hydrogens (tertiary/aromatic N) is 3. The van der Waals surface area contributed by atoms with Crippen molar-refractivity contribution in [2.45, 2.75) is 33.0 Å². The van der Waals surface area contributed by atoms with Crippen molar-refractivity contribution in [2.24, 2.45) is 0 Å². The molecule has 3 aromatic rings. The van der Waals surface area contributed by atoms with Crippen LogP contribution in [-0.4, -0.2) is 45.7 Å². The summed E-state index contributed by atoms with van der Waals surface area (Å²) in [5.74, 6) is 0.949. The Morgan fingerprint density at radius 1 is 1.08 bits per heavy atom. The van der Waals surface area contributed by atoms with Gasteiger partial charge < -0.3 is 9.64 Å². The van der Waals surface area contributed by atoms with Gasteiger partial charge in [-0.3, -0.25) is 9.36 Å². The number of rotatable bonds is 2. The Bertz CT molecular complexity index is 939. The first-order chi connectivity index (χ1) is 12.5. The van der Waals surface area contributed by atoms with Crippen LogP contribution in [0, 0.1) is 6.92 Å². The van der Waals surface area contributed by atoms with Gasteiger partial charge in [-0.1, -0.05) is 18.2 Å². The average Bonchev–Trinajstić information content (AvgIpc) is 2.95. The van der Waals surface area contributed by atoms with Gasteiger partial charge in [-0.25, -0.2) is 4.98 Å². The second-order valence-corrected chi connectivity index (χ2v) is 7.00. The highest BCUT2D eigenvalue weighted by Crippen LogP contribution is 2.23. The van der Waals surface area contributed by atoms with Crippen molar-refractivity contribution in [2.75, 3.05) is 13.1 Å². The topological polar surface area (TPSA) is 47.4 Å². The molecule has 1 saturated heterocycles. The first kappa shape index (κ1) is 16.8. The summed E-state index contributed by atoms with van der Waals surface area (Å²) in [4.78, 5) is 19.5. The van der Waals surface area contributed by atoms with E-state index in [0.717, 1.165) is 22.5 Å². The predicted molar refractivity (Wildman–Crippen MR) is 102 cm³/mol. The minimum absolute atomic E-state index is 0.0424. The van der Waals surface area contributed by atoms with Gasteiger partial charge in [0.15, 0.2) is 0 Å². The van der Waals surface area contributed by atoms with Crippen LogP contribution in [0.4, 0.5) is 0 Å². The molecule has 1 fully saturated rings. The number of hydrogen-bond donors (Lipinski definition) is 0. The molecule has 0 radical (unpaired) electrons. The van der Waals surface area contributed by atoms with Crippen LogP contribution in [0.25, 0.3) is 16.7 Å². The lowest BCUT2D eigenvalue weighted by Gasteiger charge is -2.35. The number of benzene rings is 2.